The average Bonchev–Trinajstić information content (AvgIpc) is 3.29. The summed E-state index contributed by atoms with van der Waals surface area (Å²) in [5, 5.41) is 12.6. The molecule has 2 saturated heterocycles. The van der Waals surface area contributed by atoms with Crippen LogP contribution in [-0.4, -0.2) is 66.2 Å². The SMILES string of the molecule is CC1(C)[C@@H](CN2CCCC2)CC[C@@]1(C)NCC(=O)N1C[C@@H](F)C[C@H]1C#N. The number of amides is 1. The lowest BCUT2D eigenvalue weighted by Gasteiger charge is -2.43. The van der Waals surface area contributed by atoms with Gasteiger partial charge in [-0.25, -0.2) is 4.39 Å². The van der Waals surface area contributed by atoms with Gasteiger partial charge in [0.15, 0.2) is 0 Å². The first-order valence-corrected chi connectivity index (χ1v) is 10.1. The Morgan fingerprint density at radius 1 is 1.31 bits per heavy atom. The number of alkyl halides is 1. The fourth-order valence-electron chi connectivity index (χ4n) is 5.06. The van der Waals surface area contributed by atoms with Gasteiger partial charge in [-0.2, -0.15) is 5.26 Å². The Balaban J connectivity index is 1.58. The van der Waals surface area contributed by atoms with E-state index in [4.69, 9.17) is 5.26 Å². The minimum absolute atomic E-state index is 0.0520. The number of rotatable bonds is 5. The number of nitriles is 1. The van der Waals surface area contributed by atoms with Crippen molar-refractivity contribution in [3.05, 3.63) is 0 Å². The van der Waals surface area contributed by atoms with Gasteiger partial charge < -0.3 is 15.1 Å². The van der Waals surface area contributed by atoms with E-state index in [1.165, 1.54) is 30.8 Å². The van der Waals surface area contributed by atoms with Gasteiger partial charge in [-0.15, -0.1) is 0 Å². The van der Waals surface area contributed by atoms with Crippen LogP contribution < -0.4 is 5.32 Å². The topological polar surface area (TPSA) is 59.4 Å². The number of nitrogens with zero attached hydrogens (tertiary/aromatic N) is 3. The smallest absolute Gasteiger partial charge is 0.237 e. The minimum Gasteiger partial charge on any atom is -0.323 e. The molecule has 26 heavy (non-hydrogen) atoms. The molecule has 5 nitrogen and oxygen atoms in total. The minimum atomic E-state index is -1.08. The van der Waals surface area contributed by atoms with Crippen LogP contribution in [0.5, 0.6) is 0 Å². The van der Waals surface area contributed by atoms with Gasteiger partial charge in [0.2, 0.25) is 5.91 Å². The number of nitrogens with one attached hydrogen (secondary N) is 1. The molecule has 1 amide bonds. The quantitative estimate of drug-likeness (QED) is 0.813. The molecule has 3 aliphatic rings. The zero-order valence-corrected chi connectivity index (χ0v) is 16.4. The predicted molar refractivity (Wildman–Crippen MR) is 99.2 cm³/mol. The first kappa shape index (κ1) is 19.6. The second-order valence-electron chi connectivity index (χ2n) is 9.17. The largest absolute Gasteiger partial charge is 0.323 e. The molecule has 0 aromatic rings. The van der Waals surface area contributed by atoms with Crippen LogP contribution in [0, 0.1) is 22.7 Å². The Morgan fingerprint density at radius 2 is 2.00 bits per heavy atom. The highest BCUT2D eigenvalue weighted by Crippen LogP contribution is 2.50. The van der Waals surface area contributed by atoms with E-state index >= 15 is 0 Å². The maximum Gasteiger partial charge on any atom is 0.237 e. The Morgan fingerprint density at radius 3 is 2.65 bits per heavy atom. The van der Waals surface area contributed by atoms with Crippen molar-refractivity contribution in [2.24, 2.45) is 11.3 Å². The van der Waals surface area contributed by atoms with Gasteiger partial charge in [-0.3, -0.25) is 4.79 Å². The summed E-state index contributed by atoms with van der Waals surface area (Å²) in [6.07, 6.45) is 3.89. The van der Waals surface area contributed by atoms with Crippen LogP contribution in [-0.2, 0) is 4.79 Å². The van der Waals surface area contributed by atoms with Gasteiger partial charge in [-0.05, 0) is 57.0 Å². The number of hydrogen-bond acceptors (Lipinski definition) is 4. The van der Waals surface area contributed by atoms with Crippen molar-refractivity contribution in [2.75, 3.05) is 32.7 Å². The summed E-state index contributed by atoms with van der Waals surface area (Å²) in [6, 6.07) is 1.44. The molecular weight excluding hydrogens is 331 g/mol. The molecule has 3 fully saturated rings. The highest BCUT2D eigenvalue weighted by Gasteiger charge is 2.51. The number of likely N-dealkylation sites (tertiary alicyclic amines) is 2. The zero-order chi connectivity index (χ0) is 18.9. The van der Waals surface area contributed by atoms with E-state index < -0.39 is 12.2 Å². The van der Waals surface area contributed by atoms with Gasteiger partial charge in [0.1, 0.15) is 12.2 Å². The fourth-order valence-corrected chi connectivity index (χ4v) is 5.06. The van der Waals surface area contributed by atoms with Gasteiger partial charge in [-0.1, -0.05) is 13.8 Å². The molecule has 4 atom stereocenters. The maximum atomic E-state index is 13.6. The number of carbonyl (C=O) groups is 1. The summed E-state index contributed by atoms with van der Waals surface area (Å²) in [4.78, 5) is 16.6. The Kier molecular flexibility index (Phi) is 5.60. The van der Waals surface area contributed by atoms with E-state index in [1.807, 2.05) is 0 Å². The summed E-state index contributed by atoms with van der Waals surface area (Å²) in [5.74, 6) is 0.457. The zero-order valence-electron chi connectivity index (χ0n) is 16.4. The van der Waals surface area contributed by atoms with Crippen molar-refractivity contribution in [3.8, 4) is 6.07 Å². The molecule has 0 aromatic carbocycles. The molecule has 0 bridgehead atoms. The van der Waals surface area contributed by atoms with Crippen molar-refractivity contribution in [1.82, 2.24) is 15.1 Å². The second kappa shape index (κ2) is 7.44. The normalized spacial score (nSPS) is 37.2. The molecule has 1 N–H and O–H groups in total. The third-order valence-electron chi connectivity index (χ3n) is 7.46. The van der Waals surface area contributed by atoms with Crippen LogP contribution in [0.1, 0.15) is 52.9 Å². The highest BCUT2D eigenvalue weighted by molar-refractivity contribution is 5.79. The van der Waals surface area contributed by atoms with Crippen LogP contribution >= 0.6 is 0 Å². The van der Waals surface area contributed by atoms with E-state index in [2.05, 4.69) is 37.1 Å². The molecule has 2 aliphatic heterocycles. The fraction of sp³-hybridized carbons (Fsp3) is 0.900. The average molecular weight is 365 g/mol. The molecule has 2 heterocycles. The Hall–Kier alpha value is -1.19. The summed E-state index contributed by atoms with van der Waals surface area (Å²) < 4.78 is 13.6. The van der Waals surface area contributed by atoms with Crippen molar-refractivity contribution >= 4 is 5.91 Å². The molecule has 3 rings (SSSR count). The van der Waals surface area contributed by atoms with E-state index in [1.54, 1.807) is 0 Å². The number of hydrogen-bond donors (Lipinski definition) is 1. The summed E-state index contributed by atoms with van der Waals surface area (Å²) >= 11 is 0. The molecule has 0 radical (unpaired) electrons. The molecule has 0 aromatic heterocycles. The molecule has 0 spiro atoms. The lowest BCUT2D eigenvalue weighted by molar-refractivity contribution is -0.131. The second-order valence-corrected chi connectivity index (χ2v) is 9.17. The van der Waals surface area contributed by atoms with E-state index in [0.29, 0.717) is 5.92 Å². The van der Waals surface area contributed by atoms with Crippen LogP contribution in [0.25, 0.3) is 0 Å². The predicted octanol–water partition coefficient (Wildman–Crippen LogP) is 2.33. The van der Waals surface area contributed by atoms with Crippen molar-refractivity contribution in [2.45, 2.75) is 70.6 Å². The van der Waals surface area contributed by atoms with Crippen LogP contribution in [0.3, 0.4) is 0 Å². The molecule has 1 saturated carbocycles. The van der Waals surface area contributed by atoms with Gasteiger partial charge in [0.05, 0.1) is 19.2 Å². The lowest BCUT2D eigenvalue weighted by atomic mass is 9.71. The molecule has 1 aliphatic carbocycles. The first-order valence-electron chi connectivity index (χ1n) is 10.1. The van der Waals surface area contributed by atoms with E-state index in [0.717, 1.165) is 19.4 Å². The van der Waals surface area contributed by atoms with Crippen molar-refractivity contribution < 1.29 is 9.18 Å². The number of carbonyl (C=O) groups excluding carboxylic acids is 1. The van der Waals surface area contributed by atoms with Crippen LogP contribution in [0.2, 0.25) is 0 Å². The third-order valence-corrected chi connectivity index (χ3v) is 7.46. The van der Waals surface area contributed by atoms with Crippen molar-refractivity contribution in [1.29, 1.82) is 5.26 Å². The molecule has 0 unspecified atom stereocenters. The third kappa shape index (κ3) is 3.61. The maximum absolute atomic E-state index is 13.6. The molecular formula is C20H33FN4O. The van der Waals surface area contributed by atoms with Crippen molar-refractivity contribution in [3.63, 3.8) is 0 Å². The van der Waals surface area contributed by atoms with Gasteiger partial charge in [0, 0.05) is 18.5 Å². The summed E-state index contributed by atoms with van der Waals surface area (Å²) in [5.41, 5.74) is -0.0395. The van der Waals surface area contributed by atoms with Gasteiger partial charge in [0.25, 0.3) is 0 Å². The molecule has 146 valence electrons. The lowest BCUT2D eigenvalue weighted by Crippen LogP contribution is -2.56. The van der Waals surface area contributed by atoms with Crippen LogP contribution in [0.15, 0.2) is 0 Å². The highest BCUT2D eigenvalue weighted by atomic mass is 19.1. The van der Waals surface area contributed by atoms with Gasteiger partial charge >= 0.3 is 0 Å². The number of halogens is 1. The van der Waals surface area contributed by atoms with E-state index in [9.17, 15) is 9.18 Å². The monoisotopic (exact) mass is 364 g/mol. The van der Waals surface area contributed by atoms with Crippen LogP contribution in [0.4, 0.5) is 4.39 Å². The Labute approximate surface area is 156 Å². The Bertz CT molecular complexity index is 569. The summed E-state index contributed by atoms with van der Waals surface area (Å²) in [6.45, 7) is 10.6. The first-order chi connectivity index (χ1) is 12.3. The summed E-state index contributed by atoms with van der Waals surface area (Å²) in [7, 11) is 0. The standard InChI is InChI=1S/C20H33FN4O/c1-19(2)15(13-24-8-4-5-9-24)6-7-20(19,3)23-12-18(26)25-14-16(21)10-17(25)11-22/h15-17,23H,4-10,12-14H2,1-3H3/t15-,16+,17+,20-/m1/s1. The van der Waals surface area contributed by atoms with E-state index in [-0.39, 0.29) is 36.4 Å². The molecule has 6 heteroatoms.